The third-order valence-corrected chi connectivity index (χ3v) is 5.77. The predicted octanol–water partition coefficient (Wildman–Crippen LogP) is 4.17. The number of rotatable bonds is 3. The molecule has 0 unspecified atom stereocenters. The molecule has 2 aromatic heterocycles. The first-order chi connectivity index (χ1) is 11.8. The molecule has 4 nitrogen and oxygen atoms in total. The van der Waals surface area contributed by atoms with Crippen molar-refractivity contribution in [1.82, 2.24) is 14.9 Å². The van der Waals surface area contributed by atoms with Gasteiger partial charge in [0.25, 0.3) is 0 Å². The topological polar surface area (TPSA) is 32.3 Å². The Morgan fingerprint density at radius 3 is 2.92 bits per heavy atom. The van der Waals surface area contributed by atoms with Crippen LogP contribution in [-0.2, 0) is 6.54 Å². The van der Waals surface area contributed by atoms with Crippen molar-refractivity contribution in [2.24, 2.45) is 0 Å². The van der Waals surface area contributed by atoms with Crippen LogP contribution in [0.3, 0.4) is 0 Å². The first-order valence-electron chi connectivity index (χ1n) is 8.19. The van der Waals surface area contributed by atoms with Crippen molar-refractivity contribution in [2.75, 3.05) is 31.1 Å². The quantitative estimate of drug-likeness (QED) is 0.657. The molecule has 0 aliphatic carbocycles. The van der Waals surface area contributed by atoms with E-state index in [4.69, 9.17) is 0 Å². The average molecular weight is 403 g/mol. The van der Waals surface area contributed by atoms with Crippen LogP contribution >= 0.6 is 27.3 Å². The first kappa shape index (κ1) is 16.0. The van der Waals surface area contributed by atoms with Gasteiger partial charge in [-0.2, -0.15) is 0 Å². The number of anilines is 1. The van der Waals surface area contributed by atoms with Crippen molar-refractivity contribution in [3.63, 3.8) is 0 Å². The highest BCUT2D eigenvalue weighted by molar-refractivity contribution is 9.10. The fourth-order valence-electron chi connectivity index (χ4n) is 3.32. The van der Waals surface area contributed by atoms with E-state index in [2.05, 4.69) is 65.3 Å². The summed E-state index contributed by atoms with van der Waals surface area (Å²) in [5.41, 5.74) is 5.43. The van der Waals surface area contributed by atoms with E-state index in [1.165, 1.54) is 23.2 Å². The predicted molar refractivity (Wildman–Crippen MR) is 104 cm³/mol. The first-order valence-corrected chi connectivity index (χ1v) is 9.92. The number of nitrogens with zero attached hydrogens (tertiary/aromatic N) is 4. The second-order valence-corrected chi connectivity index (χ2v) is 7.64. The highest BCUT2D eigenvalue weighted by Crippen LogP contribution is 2.30. The molecule has 6 heteroatoms. The Morgan fingerprint density at radius 2 is 2.04 bits per heavy atom. The van der Waals surface area contributed by atoms with E-state index in [0.29, 0.717) is 0 Å². The lowest BCUT2D eigenvalue weighted by Crippen LogP contribution is -2.30. The van der Waals surface area contributed by atoms with Crippen LogP contribution in [0.5, 0.6) is 0 Å². The van der Waals surface area contributed by atoms with Gasteiger partial charge in [0.2, 0.25) is 0 Å². The molecule has 0 spiro atoms. The molecule has 1 fully saturated rings. The molecule has 1 aliphatic heterocycles. The van der Waals surface area contributed by atoms with Crippen LogP contribution < -0.4 is 4.90 Å². The summed E-state index contributed by atoms with van der Waals surface area (Å²) in [7, 11) is 0. The summed E-state index contributed by atoms with van der Waals surface area (Å²) in [6.45, 7) is 5.27. The molecule has 3 aromatic rings. The van der Waals surface area contributed by atoms with Gasteiger partial charge >= 0.3 is 0 Å². The molecule has 124 valence electrons. The molecule has 3 heterocycles. The molecule has 0 atom stereocenters. The Bertz CT molecular complexity index is 821. The van der Waals surface area contributed by atoms with Crippen LogP contribution in [0.1, 0.15) is 12.1 Å². The number of thiazole rings is 1. The second-order valence-electron chi connectivity index (χ2n) is 6.06. The van der Waals surface area contributed by atoms with Crippen molar-refractivity contribution in [2.45, 2.75) is 13.0 Å². The van der Waals surface area contributed by atoms with Gasteiger partial charge in [0.05, 0.1) is 16.7 Å². The normalized spacial score (nSPS) is 16.5. The zero-order valence-corrected chi connectivity index (χ0v) is 15.8. The Hall–Kier alpha value is -1.50. The van der Waals surface area contributed by atoms with Gasteiger partial charge < -0.3 is 4.90 Å². The molecule has 0 radical (unpaired) electrons. The summed E-state index contributed by atoms with van der Waals surface area (Å²) < 4.78 is 1.06. The summed E-state index contributed by atoms with van der Waals surface area (Å²) in [5, 5.41) is 3.37. The van der Waals surface area contributed by atoms with Crippen molar-refractivity contribution >= 4 is 43.9 Å². The Balaban J connectivity index is 1.54. The number of hydrogen-bond donors (Lipinski definition) is 0. The fraction of sp³-hybridized carbons (Fsp3) is 0.333. The summed E-state index contributed by atoms with van der Waals surface area (Å²) >= 11 is 5.29. The Labute approximate surface area is 154 Å². The fourth-order valence-corrected chi connectivity index (χ4v) is 4.33. The molecule has 1 aromatic carbocycles. The maximum absolute atomic E-state index is 4.53. The molecule has 1 aliphatic rings. The summed E-state index contributed by atoms with van der Waals surface area (Å²) in [6.07, 6.45) is 3.09. The van der Waals surface area contributed by atoms with Crippen molar-refractivity contribution in [1.29, 1.82) is 0 Å². The maximum Gasteiger partial charge on any atom is 0.0864 e. The monoisotopic (exact) mass is 402 g/mol. The van der Waals surface area contributed by atoms with Gasteiger partial charge in [-0.1, -0.05) is 12.1 Å². The maximum atomic E-state index is 4.53. The lowest BCUT2D eigenvalue weighted by atomic mass is 10.1. The Kier molecular flexibility index (Phi) is 4.78. The summed E-state index contributed by atoms with van der Waals surface area (Å²) in [5.74, 6) is 0. The van der Waals surface area contributed by atoms with E-state index >= 15 is 0 Å². The number of benzene rings is 1. The van der Waals surface area contributed by atoms with Gasteiger partial charge in [-0.3, -0.25) is 9.88 Å². The largest absolute Gasteiger partial charge is 0.370 e. The van der Waals surface area contributed by atoms with Crippen LogP contribution in [0, 0.1) is 0 Å². The SMILES string of the molecule is Brc1cccc2c(N3CCCN(Cc4cscn4)CC3)ccnc12. The third-order valence-electron chi connectivity index (χ3n) is 4.50. The zero-order valence-electron chi connectivity index (χ0n) is 13.4. The molecule has 24 heavy (non-hydrogen) atoms. The smallest absolute Gasteiger partial charge is 0.0864 e. The molecule has 1 saturated heterocycles. The number of para-hydroxylation sites is 1. The van der Waals surface area contributed by atoms with E-state index in [9.17, 15) is 0 Å². The van der Waals surface area contributed by atoms with E-state index in [1.807, 2.05) is 11.7 Å². The van der Waals surface area contributed by atoms with Gasteiger partial charge in [-0.15, -0.1) is 11.3 Å². The van der Waals surface area contributed by atoms with Crippen LogP contribution in [0.4, 0.5) is 5.69 Å². The van der Waals surface area contributed by atoms with Crippen molar-refractivity contribution in [3.8, 4) is 0 Å². The lowest BCUT2D eigenvalue weighted by molar-refractivity contribution is 0.282. The zero-order chi connectivity index (χ0) is 16.4. The van der Waals surface area contributed by atoms with E-state index in [1.54, 1.807) is 11.3 Å². The number of hydrogen-bond acceptors (Lipinski definition) is 5. The minimum absolute atomic E-state index is 0.958. The molecule has 0 bridgehead atoms. The van der Waals surface area contributed by atoms with Crippen LogP contribution in [0.25, 0.3) is 10.9 Å². The van der Waals surface area contributed by atoms with Crippen molar-refractivity contribution in [3.05, 3.63) is 51.5 Å². The van der Waals surface area contributed by atoms with Crippen molar-refractivity contribution < 1.29 is 0 Å². The van der Waals surface area contributed by atoms with Gasteiger partial charge in [0.15, 0.2) is 0 Å². The van der Waals surface area contributed by atoms with Gasteiger partial charge in [-0.05, 0) is 34.5 Å². The van der Waals surface area contributed by atoms with Gasteiger partial charge in [-0.25, -0.2) is 4.98 Å². The number of pyridine rings is 1. The van der Waals surface area contributed by atoms with E-state index in [-0.39, 0.29) is 0 Å². The standard InChI is InChI=1S/C18H19BrN4S/c19-16-4-1-3-15-17(5-6-20-18(15)16)23-8-2-7-22(9-10-23)11-14-12-24-13-21-14/h1,3-6,12-13H,2,7-11H2. The Morgan fingerprint density at radius 1 is 1.08 bits per heavy atom. The molecule has 0 amide bonds. The summed E-state index contributed by atoms with van der Waals surface area (Å²) in [4.78, 5) is 14.0. The average Bonchev–Trinajstić information content (AvgIpc) is 3.00. The van der Waals surface area contributed by atoms with Crippen LogP contribution in [0.15, 0.2) is 45.8 Å². The second kappa shape index (κ2) is 7.17. The van der Waals surface area contributed by atoms with Gasteiger partial charge in [0, 0.05) is 59.8 Å². The highest BCUT2D eigenvalue weighted by Gasteiger charge is 2.18. The van der Waals surface area contributed by atoms with Gasteiger partial charge in [0.1, 0.15) is 0 Å². The molecular weight excluding hydrogens is 384 g/mol. The number of aromatic nitrogens is 2. The van der Waals surface area contributed by atoms with Crippen LogP contribution in [-0.4, -0.2) is 41.0 Å². The number of fused-ring (bicyclic) bond motifs is 1. The van der Waals surface area contributed by atoms with E-state index in [0.717, 1.165) is 42.7 Å². The molecule has 0 N–H and O–H groups in total. The lowest BCUT2D eigenvalue weighted by Gasteiger charge is -2.24. The van der Waals surface area contributed by atoms with E-state index < -0.39 is 0 Å². The molecule has 0 saturated carbocycles. The minimum atomic E-state index is 0.958. The van der Waals surface area contributed by atoms with Crippen LogP contribution in [0.2, 0.25) is 0 Å². The summed E-state index contributed by atoms with van der Waals surface area (Å²) in [6, 6.07) is 8.45. The number of halogens is 1. The minimum Gasteiger partial charge on any atom is -0.370 e. The highest BCUT2D eigenvalue weighted by atomic mass is 79.9. The molecular formula is C18H19BrN4S. The third kappa shape index (κ3) is 3.31. The molecule has 4 rings (SSSR count).